The van der Waals surface area contributed by atoms with Crippen LogP contribution in [-0.2, 0) is 16.1 Å². The highest BCUT2D eigenvalue weighted by Crippen LogP contribution is 2.16. The number of esters is 1. The summed E-state index contributed by atoms with van der Waals surface area (Å²) in [6.45, 7) is 1.47. The van der Waals surface area contributed by atoms with E-state index >= 15 is 0 Å². The number of hydrogen-bond acceptors (Lipinski definition) is 4. The zero-order valence-electron chi connectivity index (χ0n) is 16.8. The van der Waals surface area contributed by atoms with Crippen molar-refractivity contribution in [3.05, 3.63) is 65.7 Å². The molecule has 0 radical (unpaired) electrons. The molecule has 2 rings (SSSR count). The van der Waals surface area contributed by atoms with Crippen LogP contribution in [0.5, 0.6) is 0 Å². The maximum atomic E-state index is 12.2. The smallest absolute Gasteiger partial charge is 0.305 e. The summed E-state index contributed by atoms with van der Waals surface area (Å²) < 4.78 is 4.61. The van der Waals surface area contributed by atoms with E-state index in [-0.39, 0.29) is 11.9 Å². The fourth-order valence-electron chi connectivity index (χ4n) is 2.97. The van der Waals surface area contributed by atoms with Gasteiger partial charge in [-0.2, -0.15) is 0 Å². The van der Waals surface area contributed by atoms with Gasteiger partial charge in [-0.15, -0.1) is 0 Å². The molecular weight excluding hydrogens is 352 g/mol. The minimum absolute atomic E-state index is 0.0492. The Bertz CT molecular complexity index is 729. The van der Waals surface area contributed by atoms with Gasteiger partial charge in [0.15, 0.2) is 0 Å². The van der Waals surface area contributed by atoms with Crippen LogP contribution < -0.4 is 10.2 Å². The Morgan fingerprint density at radius 3 is 2.29 bits per heavy atom. The zero-order chi connectivity index (χ0) is 20.2. The second-order valence-electron chi connectivity index (χ2n) is 6.88. The van der Waals surface area contributed by atoms with E-state index in [2.05, 4.69) is 27.1 Å². The standard InChI is InChI=1S/C23H30N2O3/c1-25(18-19-10-6-5-7-11-19)21-15-13-20(14-16-21)23(27)24-17-9-4-3-8-12-22(26)28-2/h5-7,10-11,13-16H,3-4,8-9,12,17-18H2,1-2H3,(H,24,27). The largest absolute Gasteiger partial charge is 0.469 e. The van der Waals surface area contributed by atoms with Crippen LogP contribution in [-0.4, -0.2) is 32.6 Å². The number of anilines is 1. The maximum absolute atomic E-state index is 12.2. The molecule has 2 aromatic carbocycles. The van der Waals surface area contributed by atoms with Gasteiger partial charge in [-0.1, -0.05) is 43.2 Å². The minimum atomic E-state index is -0.161. The Morgan fingerprint density at radius 2 is 1.61 bits per heavy atom. The van der Waals surface area contributed by atoms with Crippen molar-refractivity contribution in [2.75, 3.05) is 25.6 Å². The van der Waals surface area contributed by atoms with Crippen LogP contribution in [0, 0.1) is 0 Å². The van der Waals surface area contributed by atoms with E-state index in [4.69, 9.17) is 0 Å². The molecule has 0 aliphatic carbocycles. The van der Waals surface area contributed by atoms with Crippen molar-refractivity contribution in [2.24, 2.45) is 0 Å². The number of amides is 1. The van der Waals surface area contributed by atoms with E-state index < -0.39 is 0 Å². The lowest BCUT2D eigenvalue weighted by molar-refractivity contribution is -0.140. The lowest BCUT2D eigenvalue weighted by Crippen LogP contribution is -2.24. The number of carbonyl (C=O) groups is 2. The summed E-state index contributed by atoms with van der Waals surface area (Å²) in [5.41, 5.74) is 2.99. The van der Waals surface area contributed by atoms with E-state index in [1.165, 1.54) is 12.7 Å². The van der Waals surface area contributed by atoms with Gasteiger partial charge in [0, 0.05) is 37.8 Å². The normalized spacial score (nSPS) is 10.4. The second-order valence-corrected chi connectivity index (χ2v) is 6.88. The molecular formula is C23H30N2O3. The molecule has 0 spiro atoms. The molecule has 0 saturated heterocycles. The molecule has 1 amide bonds. The average Bonchev–Trinajstić information content (AvgIpc) is 2.73. The minimum Gasteiger partial charge on any atom is -0.469 e. The number of ether oxygens (including phenoxy) is 1. The average molecular weight is 383 g/mol. The van der Waals surface area contributed by atoms with Gasteiger partial charge in [0.2, 0.25) is 0 Å². The van der Waals surface area contributed by atoms with Gasteiger partial charge in [-0.3, -0.25) is 9.59 Å². The van der Waals surface area contributed by atoms with Crippen molar-refractivity contribution in [2.45, 2.75) is 38.6 Å². The molecule has 0 aliphatic heterocycles. The molecule has 2 aromatic rings. The number of unbranched alkanes of at least 4 members (excludes halogenated alkanes) is 3. The Hall–Kier alpha value is -2.82. The Morgan fingerprint density at radius 1 is 0.929 bits per heavy atom. The molecule has 0 saturated carbocycles. The molecule has 150 valence electrons. The summed E-state index contributed by atoms with van der Waals surface area (Å²) in [5.74, 6) is -0.210. The lowest BCUT2D eigenvalue weighted by atomic mass is 10.1. The second kappa shape index (κ2) is 11.8. The fourth-order valence-corrected chi connectivity index (χ4v) is 2.97. The molecule has 1 N–H and O–H groups in total. The molecule has 0 aliphatic rings. The summed E-state index contributed by atoms with van der Waals surface area (Å²) in [6, 6.07) is 18.0. The first-order valence-corrected chi connectivity index (χ1v) is 9.80. The highest BCUT2D eigenvalue weighted by Gasteiger charge is 2.07. The van der Waals surface area contributed by atoms with Crippen molar-refractivity contribution in [3.8, 4) is 0 Å². The lowest BCUT2D eigenvalue weighted by Gasteiger charge is -2.19. The molecule has 5 heteroatoms. The first-order valence-electron chi connectivity index (χ1n) is 9.80. The van der Waals surface area contributed by atoms with Crippen LogP contribution in [0.2, 0.25) is 0 Å². The third-order valence-electron chi connectivity index (χ3n) is 4.65. The van der Waals surface area contributed by atoms with E-state index in [1.807, 2.05) is 49.5 Å². The molecule has 0 bridgehead atoms. The van der Waals surface area contributed by atoms with Gasteiger partial charge >= 0.3 is 5.97 Å². The van der Waals surface area contributed by atoms with Crippen molar-refractivity contribution in [3.63, 3.8) is 0 Å². The highest BCUT2D eigenvalue weighted by atomic mass is 16.5. The molecule has 0 fully saturated rings. The van der Waals surface area contributed by atoms with Gasteiger partial charge in [0.1, 0.15) is 0 Å². The first-order chi connectivity index (χ1) is 13.6. The molecule has 28 heavy (non-hydrogen) atoms. The van der Waals surface area contributed by atoms with Crippen LogP contribution in [0.15, 0.2) is 54.6 Å². The zero-order valence-corrected chi connectivity index (χ0v) is 16.8. The molecule has 5 nitrogen and oxygen atoms in total. The monoisotopic (exact) mass is 382 g/mol. The van der Waals surface area contributed by atoms with Gasteiger partial charge in [0.25, 0.3) is 5.91 Å². The van der Waals surface area contributed by atoms with Crippen LogP contribution in [0.25, 0.3) is 0 Å². The predicted octanol–water partition coefficient (Wildman–Crippen LogP) is 4.18. The number of rotatable bonds is 11. The van der Waals surface area contributed by atoms with Crippen LogP contribution in [0.1, 0.15) is 48.0 Å². The van der Waals surface area contributed by atoms with Crippen molar-refractivity contribution in [1.29, 1.82) is 0 Å². The number of methoxy groups -OCH3 is 1. The quantitative estimate of drug-likeness (QED) is 0.468. The van der Waals surface area contributed by atoms with Gasteiger partial charge in [-0.25, -0.2) is 0 Å². The fraction of sp³-hybridized carbons (Fsp3) is 0.391. The number of hydrogen-bond donors (Lipinski definition) is 1. The molecule has 0 aromatic heterocycles. The number of carbonyl (C=O) groups excluding carboxylic acids is 2. The Kier molecular flexibility index (Phi) is 9.05. The van der Waals surface area contributed by atoms with Gasteiger partial charge < -0.3 is 15.0 Å². The van der Waals surface area contributed by atoms with Crippen molar-refractivity contribution < 1.29 is 14.3 Å². The number of nitrogens with one attached hydrogen (secondary N) is 1. The predicted molar refractivity (Wildman–Crippen MR) is 112 cm³/mol. The SMILES string of the molecule is COC(=O)CCCCCCNC(=O)c1ccc(N(C)Cc2ccccc2)cc1. The highest BCUT2D eigenvalue weighted by molar-refractivity contribution is 5.94. The van der Waals surface area contributed by atoms with Crippen LogP contribution in [0.3, 0.4) is 0 Å². The van der Waals surface area contributed by atoms with Crippen molar-refractivity contribution >= 4 is 17.6 Å². The summed E-state index contributed by atoms with van der Waals surface area (Å²) in [4.78, 5) is 25.4. The maximum Gasteiger partial charge on any atom is 0.305 e. The van der Waals surface area contributed by atoms with E-state index in [0.717, 1.165) is 37.9 Å². The summed E-state index contributed by atoms with van der Waals surface area (Å²) in [7, 11) is 3.45. The molecule has 0 heterocycles. The summed E-state index contributed by atoms with van der Waals surface area (Å²) in [5, 5.41) is 2.95. The van der Waals surface area contributed by atoms with E-state index in [9.17, 15) is 9.59 Å². The van der Waals surface area contributed by atoms with E-state index in [0.29, 0.717) is 18.5 Å². The third kappa shape index (κ3) is 7.43. The van der Waals surface area contributed by atoms with E-state index in [1.54, 1.807) is 0 Å². The Labute approximate surface area is 167 Å². The number of benzene rings is 2. The van der Waals surface area contributed by atoms with Crippen molar-refractivity contribution in [1.82, 2.24) is 5.32 Å². The summed E-state index contributed by atoms with van der Waals surface area (Å²) >= 11 is 0. The van der Waals surface area contributed by atoms with Gasteiger partial charge in [0.05, 0.1) is 7.11 Å². The third-order valence-corrected chi connectivity index (χ3v) is 4.65. The topological polar surface area (TPSA) is 58.6 Å². The molecule has 0 unspecified atom stereocenters. The van der Waals surface area contributed by atoms with Crippen LogP contribution in [0.4, 0.5) is 5.69 Å². The Balaban J connectivity index is 1.69. The van der Waals surface area contributed by atoms with Gasteiger partial charge in [-0.05, 0) is 42.7 Å². The number of nitrogens with zero attached hydrogens (tertiary/aromatic N) is 1. The van der Waals surface area contributed by atoms with Crippen LogP contribution >= 0.6 is 0 Å². The molecule has 0 atom stereocenters. The first kappa shape index (κ1) is 21.5. The summed E-state index contributed by atoms with van der Waals surface area (Å²) in [6.07, 6.45) is 4.16.